The van der Waals surface area contributed by atoms with Crippen molar-refractivity contribution < 1.29 is 8.42 Å². The molecule has 0 saturated carbocycles. The molecule has 0 aliphatic carbocycles. The number of benzene rings is 1. The lowest BCUT2D eigenvalue weighted by atomic mass is 10.3. The van der Waals surface area contributed by atoms with Crippen LogP contribution in [0.15, 0.2) is 52.3 Å². The zero-order chi connectivity index (χ0) is 13.2. The minimum atomic E-state index is -3.71. The molecular formula is C11H11N3O3S. The molecule has 0 radical (unpaired) electrons. The number of rotatable bonds is 3. The van der Waals surface area contributed by atoms with Crippen LogP contribution in [0.2, 0.25) is 0 Å². The van der Waals surface area contributed by atoms with Crippen LogP contribution in [0, 0.1) is 0 Å². The van der Waals surface area contributed by atoms with Crippen molar-refractivity contribution in [2.24, 2.45) is 0 Å². The summed E-state index contributed by atoms with van der Waals surface area (Å²) >= 11 is 0. The van der Waals surface area contributed by atoms with Crippen molar-refractivity contribution in [2.45, 2.75) is 4.90 Å². The van der Waals surface area contributed by atoms with Crippen molar-refractivity contribution in [1.29, 1.82) is 0 Å². The van der Waals surface area contributed by atoms with Crippen LogP contribution in [0.3, 0.4) is 0 Å². The Kier molecular flexibility index (Phi) is 3.07. The molecule has 1 aromatic heterocycles. The van der Waals surface area contributed by atoms with E-state index in [2.05, 4.69) is 9.71 Å². The third-order valence-electron chi connectivity index (χ3n) is 2.22. The van der Waals surface area contributed by atoms with Crippen molar-refractivity contribution >= 4 is 21.4 Å². The summed E-state index contributed by atoms with van der Waals surface area (Å²) in [6.45, 7) is 0. The molecule has 0 amide bonds. The zero-order valence-electron chi connectivity index (χ0n) is 9.25. The second kappa shape index (κ2) is 4.53. The Morgan fingerprint density at radius 3 is 2.39 bits per heavy atom. The van der Waals surface area contributed by atoms with Crippen LogP contribution in [-0.4, -0.2) is 13.4 Å². The zero-order valence-corrected chi connectivity index (χ0v) is 10.1. The third-order valence-corrected chi connectivity index (χ3v) is 3.61. The Hall–Kier alpha value is -2.28. The molecule has 2 aromatic rings. The quantitative estimate of drug-likeness (QED) is 0.712. The fourth-order valence-corrected chi connectivity index (χ4v) is 2.42. The summed E-state index contributed by atoms with van der Waals surface area (Å²) in [4.78, 5) is 13.5. The molecule has 1 aromatic carbocycles. The first-order chi connectivity index (χ1) is 8.47. The molecule has 0 atom stereocenters. The Balaban J connectivity index is 2.33. The van der Waals surface area contributed by atoms with Crippen LogP contribution in [0.1, 0.15) is 0 Å². The van der Waals surface area contributed by atoms with Crippen LogP contribution in [-0.2, 0) is 10.0 Å². The minimum Gasteiger partial charge on any atom is -0.399 e. The monoisotopic (exact) mass is 265 g/mol. The highest BCUT2D eigenvalue weighted by molar-refractivity contribution is 7.92. The highest BCUT2D eigenvalue weighted by atomic mass is 32.2. The van der Waals surface area contributed by atoms with E-state index in [1.165, 1.54) is 36.5 Å². The van der Waals surface area contributed by atoms with Crippen LogP contribution < -0.4 is 16.0 Å². The molecule has 18 heavy (non-hydrogen) atoms. The number of hydrogen-bond donors (Lipinski definition) is 3. The molecule has 1 heterocycles. The van der Waals surface area contributed by atoms with Gasteiger partial charge in [-0.15, -0.1) is 0 Å². The normalized spacial score (nSPS) is 11.1. The first-order valence-corrected chi connectivity index (χ1v) is 6.53. The van der Waals surface area contributed by atoms with E-state index >= 15 is 0 Å². The van der Waals surface area contributed by atoms with Gasteiger partial charge in [0.2, 0.25) is 5.56 Å². The number of nitrogens with two attached hydrogens (primary N) is 1. The van der Waals surface area contributed by atoms with Gasteiger partial charge in [-0.3, -0.25) is 9.52 Å². The minimum absolute atomic E-state index is 0.0805. The van der Waals surface area contributed by atoms with E-state index in [0.29, 0.717) is 5.69 Å². The molecule has 0 spiro atoms. The molecule has 0 unspecified atom stereocenters. The molecule has 0 saturated heterocycles. The Morgan fingerprint density at radius 2 is 1.78 bits per heavy atom. The number of pyridine rings is 1. The largest absolute Gasteiger partial charge is 0.399 e. The van der Waals surface area contributed by atoms with Gasteiger partial charge in [0.15, 0.2) is 0 Å². The van der Waals surface area contributed by atoms with E-state index in [1.54, 1.807) is 0 Å². The summed E-state index contributed by atoms with van der Waals surface area (Å²) in [5.41, 5.74) is 5.78. The van der Waals surface area contributed by atoms with Gasteiger partial charge in [0.1, 0.15) is 0 Å². The van der Waals surface area contributed by atoms with Gasteiger partial charge in [-0.25, -0.2) is 8.42 Å². The van der Waals surface area contributed by atoms with Gasteiger partial charge in [-0.2, -0.15) is 0 Å². The predicted octanol–water partition coefficient (Wildman–Crippen LogP) is 0.758. The summed E-state index contributed by atoms with van der Waals surface area (Å²) in [5.74, 6) is 0. The topological polar surface area (TPSA) is 105 Å². The van der Waals surface area contributed by atoms with Gasteiger partial charge in [-0.05, 0) is 30.3 Å². The molecule has 0 aliphatic rings. The number of H-pyrrole nitrogens is 1. The Morgan fingerprint density at radius 1 is 1.11 bits per heavy atom. The molecule has 0 fully saturated rings. The van der Waals surface area contributed by atoms with Crippen LogP contribution in [0.5, 0.6) is 0 Å². The van der Waals surface area contributed by atoms with Gasteiger partial charge in [-0.1, -0.05) is 0 Å². The first-order valence-electron chi connectivity index (χ1n) is 5.04. The first kappa shape index (κ1) is 12.2. The van der Waals surface area contributed by atoms with Crippen molar-refractivity contribution in [3.63, 3.8) is 0 Å². The molecule has 0 bridgehead atoms. The van der Waals surface area contributed by atoms with Crippen LogP contribution in [0.25, 0.3) is 0 Å². The summed E-state index contributed by atoms with van der Waals surface area (Å²) < 4.78 is 26.2. The molecular weight excluding hydrogens is 254 g/mol. The average Bonchev–Trinajstić information content (AvgIpc) is 2.29. The Labute approximate surface area is 104 Å². The van der Waals surface area contributed by atoms with E-state index in [0.717, 1.165) is 6.07 Å². The second-order valence-electron chi connectivity index (χ2n) is 3.62. The summed E-state index contributed by atoms with van der Waals surface area (Å²) in [5, 5.41) is 0. The van der Waals surface area contributed by atoms with Gasteiger partial charge >= 0.3 is 0 Å². The SMILES string of the molecule is Nc1ccc(S(=O)(=O)Nc2cc[nH]c(=O)c2)cc1. The molecule has 94 valence electrons. The lowest BCUT2D eigenvalue weighted by Crippen LogP contribution is -2.15. The predicted molar refractivity (Wildman–Crippen MR) is 68.7 cm³/mol. The van der Waals surface area contributed by atoms with Crippen LogP contribution >= 0.6 is 0 Å². The molecule has 7 heteroatoms. The van der Waals surface area contributed by atoms with Crippen molar-refractivity contribution in [3.8, 4) is 0 Å². The van der Waals surface area contributed by atoms with E-state index in [1.807, 2.05) is 0 Å². The number of aromatic nitrogens is 1. The number of anilines is 2. The van der Waals surface area contributed by atoms with Gasteiger partial charge < -0.3 is 10.7 Å². The molecule has 6 nitrogen and oxygen atoms in total. The standard InChI is InChI=1S/C11H11N3O3S/c12-8-1-3-10(4-2-8)18(16,17)14-9-5-6-13-11(15)7-9/h1-7H,12H2,(H2,13,14,15). The highest BCUT2D eigenvalue weighted by Crippen LogP contribution is 2.15. The maximum Gasteiger partial charge on any atom is 0.261 e. The maximum absolute atomic E-state index is 12.0. The fourth-order valence-electron chi connectivity index (χ4n) is 1.37. The molecule has 4 N–H and O–H groups in total. The fraction of sp³-hybridized carbons (Fsp3) is 0. The van der Waals surface area contributed by atoms with Crippen LogP contribution in [0.4, 0.5) is 11.4 Å². The number of nitrogens with one attached hydrogen (secondary N) is 2. The van der Waals surface area contributed by atoms with Gasteiger partial charge in [0.25, 0.3) is 10.0 Å². The maximum atomic E-state index is 12.0. The number of nitrogen functional groups attached to an aromatic ring is 1. The smallest absolute Gasteiger partial charge is 0.261 e. The number of hydrogen-bond acceptors (Lipinski definition) is 4. The second-order valence-corrected chi connectivity index (χ2v) is 5.30. The average molecular weight is 265 g/mol. The van der Waals surface area contributed by atoms with Gasteiger partial charge in [0.05, 0.1) is 10.6 Å². The lowest BCUT2D eigenvalue weighted by molar-refractivity contribution is 0.601. The molecule has 2 rings (SSSR count). The third kappa shape index (κ3) is 2.69. The van der Waals surface area contributed by atoms with E-state index in [-0.39, 0.29) is 16.1 Å². The Bertz CT molecular complexity index is 705. The van der Waals surface area contributed by atoms with E-state index < -0.39 is 10.0 Å². The number of aromatic amines is 1. The highest BCUT2D eigenvalue weighted by Gasteiger charge is 2.13. The summed E-state index contributed by atoms with van der Waals surface area (Å²) in [6.07, 6.45) is 1.36. The molecule has 0 aliphatic heterocycles. The van der Waals surface area contributed by atoms with Crippen molar-refractivity contribution in [3.05, 3.63) is 52.9 Å². The summed E-state index contributed by atoms with van der Waals surface area (Å²) in [6, 6.07) is 8.39. The van der Waals surface area contributed by atoms with Crippen molar-refractivity contribution in [1.82, 2.24) is 4.98 Å². The van der Waals surface area contributed by atoms with Gasteiger partial charge in [0, 0.05) is 18.0 Å². The van der Waals surface area contributed by atoms with E-state index in [9.17, 15) is 13.2 Å². The summed E-state index contributed by atoms with van der Waals surface area (Å²) in [7, 11) is -3.71. The van der Waals surface area contributed by atoms with Crippen molar-refractivity contribution in [2.75, 3.05) is 10.5 Å². The lowest BCUT2D eigenvalue weighted by Gasteiger charge is -2.07. The van der Waals surface area contributed by atoms with E-state index in [4.69, 9.17) is 5.73 Å². The number of sulfonamides is 1.